The molecular weight excluding hydrogens is 447 g/mol. The summed E-state index contributed by atoms with van der Waals surface area (Å²) in [5, 5.41) is 8.30. The molecule has 0 aliphatic carbocycles. The average molecular weight is 463 g/mol. The van der Waals surface area contributed by atoms with Crippen LogP contribution in [0.25, 0.3) is 28.5 Å². The van der Waals surface area contributed by atoms with Gasteiger partial charge in [-0.25, -0.2) is 23.1 Å². The normalized spacial score (nSPS) is 12.3. The van der Waals surface area contributed by atoms with Gasteiger partial charge in [0, 0.05) is 25.0 Å². The summed E-state index contributed by atoms with van der Waals surface area (Å²) in [6.07, 6.45) is 0.158. The minimum atomic E-state index is -4.56. The molecule has 9 nitrogen and oxygen atoms in total. The van der Waals surface area contributed by atoms with E-state index in [4.69, 9.17) is 0 Å². The van der Waals surface area contributed by atoms with Gasteiger partial charge in [0.2, 0.25) is 0 Å². The van der Waals surface area contributed by atoms with Gasteiger partial charge in [-0.1, -0.05) is 6.92 Å². The van der Waals surface area contributed by atoms with Crippen LogP contribution >= 0.6 is 0 Å². The van der Waals surface area contributed by atoms with E-state index in [1.165, 1.54) is 60.4 Å². The van der Waals surface area contributed by atoms with Crippen LogP contribution in [0.4, 0.5) is 13.2 Å². The number of hydrogen-bond donors (Lipinski definition) is 0. The van der Waals surface area contributed by atoms with Gasteiger partial charge >= 0.3 is 6.18 Å². The molecule has 0 aliphatic heterocycles. The van der Waals surface area contributed by atoms with E-state index in [-0.39, 0.29) is 27.6 Å². The van der Waals surface area contributed by atoms with Crippen LogP contribution in [-0.2, 0) is 23.1 Å². The van der Waals surface area contributed by atoms with Crippen LogP contribution in [0, 0.1) is 0 Å². The first kappa shape index (κ1) is 21.6. The first-order valence-corrected chi connectivity index (χ1v) is 10.9. The van der Waals surface area contributed by atoms with Crippen LogP contribution in [0.15, 0.2) is 54.2 Å². The lowest BCUT2D eigenvalue weighted by Crippen LogP contribution is -2.09. The Hall–Kier alpha value is -3.61. The van der Waals surface area contributed by atoms with E-state index in [9.17, 15) is 21.6 Å². The fraction of sp³-hybridized carbons (Fsp3) is 0.211. The SMILES string of the molecule is CCS(=O)(=O)c1ccc(-n2cncn2)nc1-c1cc(-c2cncc(C(F)(F)F)c2)n(C)n1. The molecule has 4 aromatic heterocycles. The average Bonchev–Trinajstić information content (AvgIpc) is 3.43. The monoisotopic (exact) mass is 463 g/mol. The van der Waals surface area contributed by atoms with Gasteiger partial charge in [-0.15, -0.1) is 0 Å². The number of nitrogens with zero attached hydrogens (tertiary/aromatic N) is 7. The van der Waals surface area contributed by atoms with Crippen molar-refractivity contribution < 1.29 is 21.6 Å². The molecule has 0 aliphatic rings. The molecule has 0 amide bonds. The molecule has 0 radical (unpaired) electrons. The summed E-state index contributed by atoms with van der Waals surface area (Å²) in [5.74, 6) is 0.141. The lowest BCUT2D eigenvalue weighted by molar-refractivity contribution is -0.137. The van der Waals surface area contributed by atoms with E-state index < -0.39 is 21.6 Å². The Morgan fingerprint density at radius 1 is 1.09 bits per heavy atom. The van der Waals surface area contributed by atoms with Crippen molar-refractivity contribution in [2.24, 2.45) is 7.05 Å². The van der Waals surface area contributed by atoms with Gasteiger partial charge in [0.15, 0.2) is 15.7 Å². The second-order valence-electron chi connectivity index (χ2n) is 6.76. The first-order valence-electron chi connectivity index (χ1n) is 9.26. The van der Waals surface area contributed by atoms with Gasteiger partial charge in [0.1, 0.15) is 24.0 Å². The second-order valence-corrected chi connectivity index (χ2v) is 9.00. The number of sulfone groups is 1. The van der Waals surface area contributed by atoms with Crippen molar-refractivity contribution in [1.82, 2.24) is 34.5 Å². The smallest absolute Gasteiger partial charge is 0.267 e. The Morgan fingerprint density at radius 3 is 2.53 bits per heavy atom. The molecular formula is C19H16F3N7O2S. The van der Waals surface area contributed by atoms with Crippen molar-refractivity contribution >= 4 is 9.84 Å². The standard InChI is InChI=1S/C19H16F3N7O2S/c1-3-32(30,31)16-4-5-17(29-11-24-10-25-29)26-18(16)14-7-15(28(2)27-14)12-6-13(9-23-8-12)19(20,21)22/h4-11H,3H2,1-2H3. The van der Waals surface area contributed by atoms with Crippen molar-refractivity contribution in [3.05, 3.63) is 54.9 Å². The molecule has 0 unspecified atom stereocenters. The zero-order valence-corrected chi connectivity index (χ0v) is 17.6. The second kappa shape index (κ2) is 7.82. The summed E-state index contributed by atoms with van der Waals surface area (Å²) >= 11 is 0. The highest BCUT2D eigenvalue weighted by atomic mass is 32.2. The van der Waals surface area contributed by atoms with Crippen molar-refractivity contribution in [3.8, 4) is 28.5 Å². The van der Waals surface area contributed by atoms with E-state index in [1.807, 2.05) is 0 Å². The fourth-order valence-electron chi connectivity index (χ4n) is 3.07. The lowest BCUT2D eigenvalue weighted by Gasteiger charge is -2.09. The van der Waals surface area contributed by atoms with Gasteiger partial charge in [0.25, 0.3) is 0 Å². The number of pyridine rings is 2. The number of alkyl halides is 3. The molecule has 4 heterocycles. The van der Waals surface area contributed by atoms with E-state index in [2.05, 4.69) is 25.1 Å². The Labute approximate surface area is 180 Å². The number of halogens is 3. The van der Waals surface area contributed by atoms with E-state index in [0.717, 1.165) is 12.3 Å². The van der Waals surface area contributed by atoms with Gasteiger partial charge < -0.3 is 0 Å². The maximum atomic E-state index is 13.1. The van der Waals surface area contributed by atoms with Gasteiger partial charge in [-0.2, -0.15) is 23.4 Å². The minimum Gasteiger partial charge on any atom is -0.267 e. The Kier molecular flexibility index (Phi) is 5.28. The number of aryl methyl sites for hydroxylation is 1. The molecule has 166 valence electrons. The Morgan fingerprint density at radius 2 is 1.88 bits per heavy atom. The summed E-state index contributed by atoms with van der Waals surface area (Å²) in [4.78, 5) is 11.9. The van der Waals surface area contributed by atoms with E-state index in [1.54, 1.807) is 0 Å². The van der Waals surface area contributed by atoms with Crippen molar-refractivity contribution in [2.45, 2.75) is 18.0 Å². The number of aromatic nitrogens is 7. The van der Waals surface area contributed by atoms with Crippen LogP contribution in [0.3, 0.4) is 0 Å². The van der Waals surface area contributed by atoms with E-state index >= 15 is 0 Å². The van der Waals surface area contributed by atoms with Crippen LogP contribution in [0.5, 0.6) is 0 Å². The third-order valence-corrected chi connectivity index (χ3v) is 6.46. The molecule has 4 rings (SSSR count). The summed E-state index contributed by atoms with van der Waals surface area (Å²) in [6, 6.07) is 5.32. The predicted octanol–water partition coefficient (Wildman–Crippen LogP) is 2.94. The lowest BCUT2D eigenvalue weighted by atomic mass is 10.1. The third-order valence-electron chi connectivity index (χ3n) is 4.70. The molecule has 0 N–H and O–H groups in total. The number of rotatable bonds is 5. The molecule has 32 heavy (non-hydrogen) atoms. The predicted molar refractivity (Wildman–Crippen MR) is 107 cm³/mol. The molecule has 0 spiro atoms. The highest BCUT2D eigenvalue weighted by Crippen LogP contribution is 2.33. The highest BCUT2D eigenvalue weighted by Gasteiger charge is 2.31. The summed E-state index contributed by atoms with van der Waals surface area (Å²) < 4.78 is 67.3. The molecule has 0 bridgehead atoms. The molecule has 0 aromatic carbocycles. The molecule has 13 heteroatoms. The zero-order valence-electron chi connectivity index (χ0n) is 16.8. The molecule has 0 saturated heterocycles. The van der Waals surface area contributed by atoms with Crippen molar-refractivity contribution in [2.75, 3.05) is 5.75 Å². The molecule has 4 aromatic rings. The quantitative estimate of drug-likeness (QED) is 0.448. The highest BCUT2D eigenvalue weighted by molar-refractivity contribution is 7.91. The maximum Gasteiger partial charge on any atom is 0.417 e. The minimum absolute atomic E-state index is 0.0457. The van der Waals surface area contributed by atoms with Gasteiger partial charge in [-0.3, -0.25) is 9.67 Å². The zero-order chi connectivity index (χ0) is 23.1. The Balaban J connectivity index is 1.88. The van der Waals surface area contributed by atoms with E-state index in [0.29, 0.717) is 11.5 Å². The van der Waals surface area contributed by atoms with Crippen LogP contribution in [0.2, 0.25) is 0 Å². The van der Waals surface area contributed by atoms with Crippen molar-refractivity contribution in [3.63, 3.8) is 0 Å². The molecule has 0 saturated carbocycles. The number of hydrogen-bond acceptors (Lipinski definition) is 7. The van der Waals surface area contributed by atoms with Crippen LogP contribution in [0.1, 0.15) is 12.5 Å². The molecule has 0 fully saturated rings. The summed E-state index contributed by atoms with van der Waals surface area (Å²) in [6.45, 7) is 1.50. The first-order chi connectivity index (χ1) is 15.1. The topological polar surface area (TPSA) is 108 Å². The fourth-order valence-corrected chi connectivity index (χ4v) is 4.10. The van der Waals surface area contributed by atoms with Crippen LogP contribution < -0.4 is 0 Å². The third kappa shape index (κ3) is 3.98. The summed E-state index contributed by atoms with van der Waals surface area (Å²) in [7, 11) is -2.14. The van der Waals surface area contributed by atoms with Gasteiger partial charge in [-0.05, 0) is 24.3 Å². The van der Waals surface area contributed by atoms with Crippen molar-refractivity contribution in [1.29, 1.82) is 0 Å². The largest absolute Gasteiger partial charge is 0.417 e. The molecule has 0 atom stereocenters. The Bertz CT molecular complexity index is 1380. The summed E-state index contributed by atoms with van der Waals surface area (Å²) in [5.41, 5.74) is -0.186. The van der Waals surface area contributed by atoms with Crippen LogP contribution in [-0.4, -0.2) is 48.7 Å². The maximum absolute atomic E-state index is 13.1. The van der Waals surface area contributed by atoms with Gasteiger partial charge in [0.05, 0.1) is 21.9 Å².